The lowest BCUT2D eigenvalue weighted by molar-refractivity contribution is 0.0152. The van der Waals surface area contributed by atoms with Gasteiger partial charge in [-0.1, -0.05) is 36.4 Å². The standard InChI is InChI=1S/C14H20O3/c1-2-8-15-9-10-16-11-12-17-13-14-6-4-3-5-7-14/h2-7H,1,8-13H2. The van der Waals surface area contributed by atoms with E-state index in [0.29, 0.717) is 39.6 Å². The molecular formula is C14H20O3. The molecule has 94 valence electrons. The van der Waals surface area contributed by atoms with E-state index >= 15 is 0 Å². The molecule has 0 aliphatic heterocycles. The minimum Gasteiger partial charge on any atom is -0.377 e. The predicted octanol–water partition coefficient (Wildman–Crippen LogP) is 2.42. The topological polar surface area (TPSA) is 27.7 Å². The number of ether oxygens (including phenoxy) is 3. The Kier molecular flexibility index (Phi) is 8.20. The van der Waals surface area contributed by atoms with Crippen LogP contribution in [0.15, 0.2) is 43.0 Å². The van der Waals surface area contributed by atoms with Gasteiger partial charge in [-0.05, 0) is 5.56 Å². The lowest BCUT2D eigenvalue weighted by atomic mass is 10.2. The van der Waals surface area contributed by atoms with E-state index in [1.165, 1.54) is 5.56 Å². The third-order valence-electron chi connectivity index (χ3n) is 2.09. The highest BCUT2D eigenvalue weighted by atomic mass is 16.5. The van der Waals surface area contributed by atoms with Crippen molar-refractivity contribution in [2.75, 3.05) is 33.0 Å². The average molecular weight is 236 g/mol. The normalized spacial score (nSPS) is 10.4. The van der Waals surface area contributed by atoms with Gasteiger partial charge in [-0.15, -0.1) is 6.58 Å². The Bertz CT molecular complexity index is 285. The summed E-state index contributed by atoms with van der Waals surface area (Å²) in [6.45, 7) is 7.19. The van der Waals surface area contributed by atoms with Gasteiger partial charge in [-0.3, -0.25) is 0 Å². The molecule has 0 heterocycles. The molecule has 0 spiro atoms. The van der Waals surface area contributed by atoms with E-state index in [4.69, 9.17) is 14.2 Å². The molecule has 0 unspecified atom stereocenters. The quantitative estimate of drug-likeness (QED) is 0.461. The summed E-state index contributed by atoms with van der Waals surface area (Å²) < 4.78 is 16.0. The molecule has 0 atom stereocenters. The maximum atomic E-state index is 5.47. The van der Waals surface area contributed by atoms with Crippen molar-refractivity contribution in [2.24, 2.45) is 0 Å². The predicted molar refractivity (Wildman–Crippen MR) is 67.9 cm³/mol. The molecule has 0 aromatic heterocycles. The van der Waals surface area contributed by atoms with Crippen molar-refractivity contribution in [3.8, 4) is 0 Å². The molecule has 3 nitrogen and oxygen atoms in total. The van der Waals surface area contributed by atoms with Crippen LogP contribution in [-0.4, -0.2) is 33.0 Å². The van der Waals surface area contributed by atoms with Gasteiger partial charge < -0.3 is 14.2 Å². The zero-order chi connectivity index (χ0) is 12.2. The summed E-state index contributed by atoms with van der Waals surface area (Å²) in [6.07, 6.45) is 1.73. The van der Waals surface area contributed by atoms with E-state index in [1.54, 1.807) is 6.08 Å². The van der Waals surface area contributed by atoms with Crippen LogP contribution in [0.3, 0.4) is 0 Å². The minimum atomic E-state index is 0.577. The lowest BCUT2D eigenvalue weighted by Crippen LogP contribution is -2.09. The van der Waals surface area contributed by atoms with Gasteiger partial charge >= 0.3 is 0 Å². The molecule has 0 radical (unpaired) electrons. The van der Waals surface area contributed by atoms with Gasteiger partial charge in [0.05, 0.1) is 39.6 Å². The Hall–Kier alpha value is -1.16. The Balaban J connectivity index is 1.86. The second-order valence-corrected chi connectivity index (χ2v) is 3.51. The van der Waals surface area contributed by atoms with Crippen LogP contribution in [0.5, 0.6) is 0 Å². The van der Waals surface area contributed by atoms with Crippen LogP contribution in [0.2, 0.25) is 0 Å². The summed E-state index contributed by atoms with van der Waals surface area (Å²) in [5.41, 5.74) is 1.18. The van der Waals surface area contributed by atoms with Crippen molar-refractivity contribution in [2.45, 2.75) is 6.61 Å². The first kappa shape index (κ1) is 13.9. The van der Waals surface area contributed by atoms with Gasteiger partial charge in [-0.2, -0.15) is 0 Å². The molecule has 1 aromatic carbocycles. The van der Waals surface area contributed by atoms with E-state index in [-0.39, 0.29) is 0 Å². The van der Waals surface area contributed by atoms with E-state index in [0.717, 1.165) is 0 Å². The van der Waals surface area contributed by atoms with E-state index in [1.807, 2.05) is 30.3 Å². The Morgan fingerprint density at radius 1 is 0.882 bits per heavy atom. The third-order valence-corrected chi connectivity index (χ3v) is 2.09. The first-order chi connectivity index (χ1) is 8.43. The first-order valence-electron chi connectivity index (χ1n) is 5.81. The molecule has 0 amide bonds. The molecule has 0 aliphatic rings. The van der Waals surface area contributed by atoms with Crippen molar-refractivity contribution in [3.63, 3.8) is 0 Å². The minimum absolute atomic E-state index is 0.577. The largest absolute Gasteiger partial charge is 0.377 e. The van der Waals surface area contributed by atoms with Crippen LogP contribution in [-0.2, 0) is 20.8 Å². The van der Waals surface area contributed by atoms with Gasteiger partial charge in [0.2, 0.25) is 0 Å². The molecule has 1 rings (SSSR count). The highest BCUT2D eigenvalue weighted by Crippen LogP contribution is 1.99. The van der Waals surface area contributed by atoms with E-state index < -0.39 is 0 Å². The van der Waals surface area contributed by atoms with Crippen molar-refractivity contribution in [1.82, 2.24) is 0 Å². The monoisotopic (exact) mass is 236 g/mol. The molecule has 17 heavy (non-hydrogen) atoms. The molecule has 0 N–H and O–H groups in total. The van der Waals surface area contributed by atoms with E-state index in [9.17, 15) is 0 Å². The zero-order valence-corrected chi connectivity index (χ0v) is 10.1. The average Bonchev–Trinajstić information content (AvgIpc) is 2.38. The van der Waals surface area contributed by atoms with Crippen molar-refractivity contribution >= 4 is 0 Å². The first-order valence-corrected chi connectivity index (χ1v) is 5.81. The number of benzene rings is 1. The van der Waals surface area contributed by atoms with Gasteiger partial charge in [0, 0.05) is 0 Å². The maximum Gasteiger partial charge on any atom is 0.0718 e. The second kappa shape index (κ2) is 10.0. The molecule has 3 heteroatoms. The summed E-state index contributed by atoms with van der Waals surface area (Å²) in [5.74, 6) is 0. The van der Waals surface area contributed by atoms with Crippen LogP contribution in [0.1, 0.15) is 5.56 Å². The summed E-state index contributed by atoms with van der Waals surface area (Å²) in [7, 11) is 0. The molecule has 0 fully saturated rings. The van der Waals surface area contributed by atoms with Gasteiger partial charge in [0.15, 0.2) is 0 Å². The molecule has 0 aliphatic carbocycles. The van der Waals surface area contributed by atoms with Crippen LogP contribution in [0.4, 0.5) is 0 Å². The SMILES string of the molecule is C=CCOCCOCCOCc1ccccc1. The van der Waals surface area contributed by atoms with Gasteiger partial charge in [-0.25, -0.2) is 0 Å². The highest BCUT2D eigenvalue weighted by molar-refractivity contribution is 5.13. The van der Waals surface area contributed by atoms with Crippen LogP contribution in [0.25, 0.3) is 0 Å². The fraction of sp³-hybridized carbons (Fsp3) is 0.429. The Morgan fingerprint density at radius 2 is 1.53 bits per heavy atom. The third kappa shape index (κ3) is 7.69. The number of hydrogen-bond acceptors (Lipinski definition) is 3. The van der Waals surface area contributed by atoms with Crippen LogP contribution < -0.4 is 0 Å². The summed E-state index contributed by atoms with van der Waals surface area (Å²) in [5, 5.41) is 0. The summed E-state index contributed by atoms with van der Waals surface area (Å²) >= 11 is 0. The zero-order valence-electron chi connectivity index (χ0n) is 10.1. The number of rotatable bonds is 10. The van der Waals surface area contributed by atoms with Crippen molar-refractivity contribution < 1.29 is 14.2 Å². The smallest absolute Gasteiger partial charge is 0.0718 e. The van der Waals surface area contributed by atoms with Gasteiger partial charge in [0.1, 0.15) is 0 Å². The molecule has 0 saturated carbocycles. The Morgan fingerprint density at radius 3 is 2.24 bits per heavy atom. The number of hydrogen-bond donors (Lipinski definition) is 0. The van der Waals surface area contributed by atoms with Crippen LogP contribution >= 0.6 is 0 Å². The molecule has 0 bridgehead atoms. The second-order valence-electron chi connectivity index (χ2n) is 3.51. The highest BCUT2D eigenvalue weighted by Gasteiger charge is 1.92. The summed E-state index contributed by atoms with van der Waals surface area (Å²) in [6, 6.07) is 10.1. The Labute approximate surface area is 103 Å². The van der Waals surface area contributed by atoms with E-state index in [2.05, 4.69) is 6.58 Å². The van der Waals surface area contributed by atoms with Crippen molar-refractivity contribution in [1.29, 1.82) is 0 Å². The van der Waals surface area contributed by atoms with Gasteiger partial charge in [0.25, 0.3) is 0 Å². The molecule has 1 aromatic rings. The molecular weight excluding hydrogens is 216 g/mol. The molecule has 0 saturated heterocycles. The lowest BCUT2D eigenvalue weighted by Gasteiger charge is -2.06. The summed E-state index contributed by atoms with van der Waals surface area (Å²) in [4.78, 5) is 0. The fourth-order valence-corrected chi connectivity index (χ4v) is 1.27. The fourth-order valence-electron chi connectivity index (χ4n) is 1.27. The van der Waals surface area contributed by atoms with Crippen LogP contribution in [0, 0.1) is 0 Å². The maximum absolute atomic E-state index is 5.47. The van der Waals surface area contributed by atoms with Crippen molar-refractivity contribution in [3.05, 3.63) is 48.6 Å².